The van der Waals surface area contributed by atoms with Crippen LogP contribution in [0.25, 0.3) is 0 Å². The van der Waals surface area contributed by atoms with Crippen molar-refractivity contribution < 1.29 is 0 Å². The van der Waals surface area contributed by atoms with E-state index < -0.39 is 0 Å². The summed E-state index contributed by atoms with van der Waals surface area (Å²) < 4.78 is 0. The van der Waals surface area contributed by atoms with Gasteiger partial charge in [-0.25, -0.2) is 0 Å². The maximum atomic E-state index is 2.40. The van der Waals surface area contributed by atoms with Crippen molar-refractivity contribution in [2.24, 2.45) is 5.41 Å². The second kappa shape index (κ2) is 2.90. The van der Waals surface area contributed by atoms with Crippen LogP contribution in [0, 0.1) is 5.41 Å². The third-order valence-electron chi connectivity index (χ3n) is 4.27. The molecule has 68 valence electrons. The number of hydrogen-bond acceptors (Lipinski definition) is 0. The quantitative estimate of drug-likeness (QED) is 0.540. The second-order valence-electron chi connectivity index (χ2n) is 4.57. The molecule has 0 saturated heterocycles. The van der Waals surface area contributed by atoms with E-state index in [4.69, 9.17) is 0 Å². The Kier molecular flexibility index (Phi) is 2.02. The molecule has 0 bridgehead atoms. The maximum absolute atomic E-state index is 2.40. The fourth-order valence-corrected chi connectivity index (χ4v) is 2.70. The van der Waals surface area contributed by atoms with Gasteiger partial charge in [-0.05, 0) is 50.9 Å². The standard InChI is InChI=1S/C12H20/c1-3-12(8-5-9-12)10(2)11-6-4-7-11/h3-9H2,1-2H3. The van der Waals surface area contributed by atoms with Crippen molar-refractivity contribution in [2.45, 2.75) is 58.8 Å². The van der Waals surface area contributed by atoms with E-state index in [1.165, 1.54) is 44.9 Å². The zero-order valence-corrected chi connectivity index (χ0v) is 8.45. The first kappa shape index (κ1) is 8.34. The molecule has 0 amide bonds. The van der Waals surface area contributed by atoms with Gasteiger partial charge in [0, 0.05) is 0 Å². The summed E-state index contributed by atoms with van der Waals surface area (Å²) in [5.41, 5.74) is 4.26. The topological polar surface area (TPSA) is 0 Å². The Bertz CT molecular complexity index is 195. The first-order valence-corrected chi connectivity index (χ1v) is 5.47. The van der Waals surface area contributed by atoms with Crippen LogP contribution in [0.15, 0.2) is 11.1 Å². The van der Waals surface area contributed by atoms with Gasteiger partial charge < -0.3 is 0 Å². The van der Waals surface area contributed by atoms with Gasteiger partial charge >= 0.3 is 0 Å². The minimum Gasteiger partial charge on any atom is -0.0707 e. The van der Waals surface area contributed by atoms with Gasteiger partial charge in [-0.3, -0.25) is 0 Å². The van der Waals surface area contributed by atoms with Crippen molar-refractivity contribution >= 4 is 0 Å². The van der Waals surface area contributed by atoms with Gasteiger partial charge in [0.15, 0.2) is 0 Å². The third kappa shape index (κ3) is 1.04. The van der Waals surface area contributed by atoms with Crippen molar-refractivity contribution in [1.29, 1.82) is 0 Å². The SMILES string of the molecule is CCC1(C(C)=C2CCC2)CCC1. The van der Waals surface area contributed by atoms with Gasteiger partial charge in [0.05, 0.1) is 0 Å². The maximum Gasteiger partial charge on any atom is -0.00908 e. The summed E-state index contributed by atoms with van der Waals surface area (Å²) in [5, 5.41) is 0. The fourth-order valence-electron chi connectivity index (χ4n) is 2.70. The summed E-state index contributed by atoms with van der Waals surface area (Å²) in [7, 11) is 0. The molecule has 0 heterocycles. The van der Waals surface area contributed by atoms with Crippen LogP contribution in [-0.4, -0.2) is 0 Å². The molecule has 0 aromatic carbocycles. The first-order chi connectivity index (χ1) is 5.78. The van der Waals surface area contributed by atoms with Gasteiger partial charge in [-0.2, -0.15) is 0 Å². The molecule has 0 nitrogen and oxygen atoms in total. The highest BCUT2D eigenvalue weighted by Gasteiger charge is 2.38. The van der Waals surface area contributed by atoms with Crippen molar-refractivity contribution in [3.05, 3.63) is 11.1 Å². The molecule has 0 N–H and O–H groups in total. The predicted octanol–water partition coefficient (Wildman–Crippen LogP) is 4.07. The zero-order valence-electron chi connectivity index (χ0n) is 8.45. The largest absolute Gasteiger partial charge is 0.0707 e. The predicted molar refractivity (Wildman–Crippen MR) is 53.1 cm³/mol. The molecule has 0 unspecified atom stereocenters. The summed E-state index contributed by atoms with van der Waals surface area (Å²) in [5.74, 6) is 0. The Labute approximate surface area is 76.1 Å². The Morgan fingerprint density at radius 1 is 1.25 bits per heavy atom. The fraction of sp³-hybridized carbons (Fsp3) is 0.833. The molecule has 0 aromatic rings. The molecular formula is C12H20. The van der Waals surface area contributed by atoms with Crippen LogP contribution in [0.4, 0.5) is 0 Å². The van der Waals surface area contributed by atoms with Crippen molar-refractivity contribution in [2.75, 3.05) is 0 Å². The van der Waals surface area contributed by atoms with Crippen LogP contribution < -0.4 is 0 Å². The van der Waals surface area contributed by atoms with E-state index in [0.29, 0.717) is 5.41 Å². The lowest BCUT2D eigenvalue weighted by atomic mass is 9.60. The minimum atomic E-state index is 0.676. The summed E-state index contributed by atoms with van der Waals surface area (Å²) in [6.07, 6.45) is 10.1. The lowest BCUT2D eigenvalue weighted by Crippen LogP contribution is -2.31. The smallest absolute Gasteiger partial charge is 0.00908 e. The summed E-state index contributed by atoms with van der Waals surface area (Å²) in [6.45, 7) is 4.76. The van der Waals surface area contributed by atoms with Crippen molar-refractivity contribution in [3.8, 4) is 0 Å². The molecule has 2 fully saturated rings. The second-order valence-corrected chi connectivity index (χ2v) is 4.57. The van der Waals surface area contributed by atoms with E-state index in [-0.39, 0.29) is 0 Å². The van der Waals surface area contributed by atoms with E-state index in [2.05, 4.69) is 13.8 Å². The van der Waals surface area contributed by atoms with E-state index in [1.54, 1.807) is 11.1 Å². The molecule has 2 aliphatic carbocycles. The highest BCUT2D eigenvalue weighted by atomic mass is 14.4. The van der Waals surface area contributed by atoms with Crippen LogP contribution in [0.3, 0.4) is 0 Å². The molecule has 0 spiro atoms. The minimum absolute atomic E-state index is 0.676. The average Bonchev–Trinajstić information content (AvgIpc) is 1.81. The van der Waals surface area contributed by atoms with E-state index >= 15 is 0 Å². The Morgan fingerprint density at radius 3 is 2.17 bits per heavy atom. The van der Waals surface area contributed by atoms with Gasteiger partial charge in [0.1, 0.15) is 0 Å². The van der Waals surface area contributed by atoms with Crippen molar-refractivity contribution in [1.82, 2.24) is 0 Å². The van der Waals surface area contributed by atoms with Gasteiger partial charge in [-0.1, -0.05) is 24.5 Å². The normalized spacial score (nSPS) is 26.0. The average molecular weight is 164 g/mol. The molecule has 2 aliphatic rings. The monoisotopic (exact) mass is 164 g/mol. The zero-order chi connectivity index (χ0) is 8.60. The van der Waals surface area contributed by atoms with Crippen LogP contribution in [0.1, 0.15) is 58.8 Å². The highest BCUT2D eigenvalue weighted by Crippen LogP contribution is 2.52. The molecule has 0 radical (unpaired) electrons. The van der Waals surface area contributed by atoms with E-state index in [1.807, 2.05) is 0 Å². The van der Waals surface area contributed by atoms with Crippen LogP contribution in [0.2, 0.25) is 0 Å². The van der Waals surface area contributed by atoms with Crippen LogP contribution in [0.5, 0.6) is 0 Å². The van der Waals surface area contributed by atoms with E-state index in [9.17, 15) is 0 Å². The molecule has 12 heavy (non-hydrogen) atoms. The number of allylic oxidation sites excluding steroid dienone is 2. The highest BCUT2D eigenvalue weighted by molar-refractivity contribution is 5.26. The Hall–Kier alpha value is -0.260. The summed E-state index contributed by atoms with van der Waals surface area (Å²) in [4.78, 5) is 0. The van der Waals surface area contributed by atoms with Gasteiger partial charge in [0.2, 0.25) is 0 Å². The van der Waals surface area contributed by atoms with Gasteiger partial charge in [-0.15, -0.1) is 0 Å². The molecule has 0 atom stereocenters. The molecular weight excluding hydrogens is 144 g/mol. The Balaban J connectivity index is 2.15. The molecule has 0 aliphatic heterocycles. The Morgan fingerprint density at radius 2 is 1.92 bits per heavy atom. The van der Waals surface area contributed by atoms with E-state index in [0.717, 1.165) is 0 Å². The molecule has 0 heteroatoms. The number of rotatable bonds is 2. The van der Waals surface area contributed by atoms with Gasteiger partial charge in [0.25, 0.3) is 0 Å². The van der Waals surface area contributed by atoms with Crippen molar-refractivity contribution in [3.63, 3.8) is 0 Å². The molecule has 2 rings (SSSR count). The number of hydrogen-bond donors (Lipinski definition) is 0. The lowest BCUT2D eigenvalue weighted by Gasteiger charge is -2.45. The third-order valence-corrected chi connectivity index (χ3v) is 4.27. The first-order valence-electron chi connectivity index (χ1n) is 5.47. The molecule has 0 aromatic heterocycles. The summed E-state index contributed by atoms with van der Waals surface area (Å²) >= 11 is 0. The van der Waals surface area contributed by atoms with Crippen LogP contribution >= 0.6 is 0 Å². The molecule has 2 saturated carbocycles. The lowest BCUT2D eigenvalue weighted by molar-refractivity contribution is 0.174. The summed E-state index contributed by atoms with van der Waals surface area (Å²) in [6, 6.07) is 0. The van der Waals surface area contributed by atoms with Crippen LogP contribution in [-0.2, 0) is 0 Å².